The van der Waals surface area contributed by atoms with Crippen molar-refractivity contribution in [3.8, 4) is 21.4 Å². The minimum absolute atomic E-state index is 0.0830. The van der Waals surface area contributed by atoms with Crippen LogP contribution in [-0.4, -0.2) is 72.6 Å². The van der Waals surface area contributed by atoms with Gasteiger partial charge in [-0.25, -0.2) is 13.4 Å². The van der Waals surface area contributed by atoms with E-state index in [2.05, 4.69) is 15.0 Å². The number of hydrogen-bond acceptors (Lipinski definition) is 10. The molecule has 0 radical (unpaired) electrons. The number of ether oxygens (including phenoxy) is 2. The fraction of sp³-hybridized carbons (Fsp3) is 0.318. The quantitative estimate of drug-likeness (QED) is 0.357. The van der Waals surface area contributed by atoms with E-state index in [1.54, 1.807) is 23.5 Å². The first kappa shape index (κ1) is 23.9. The summed E-state index contributed by atoms with van der Waals surface area (Å²) in [6.45, 7) is 2.10. The van der Waals surface area contributed by atoms with Crippen LogP contribution in [0.2, 0.25) is 0 Å². The van der Waals surface area contributed by atoms with E-state index in [1.165, 1.54) is 46.5 Å². The van der Waals surface area contributed by atoms with Gasteiger partial charge in [-0.1, -0.05) is 17.4 Å². The van der Waals surface area contributed by atoms with E-state index >= 15 is 0 Å². The number of nitrogens with zero attached hydrogens (tertiary/aromatic N) is 5. The van der Waals surface area contributed by atoms with Crippen molar-refractivity contribution in [3.63, 3.8) is 0 Å². The number of fused-ring (bicyclic) bond motifs is 1. The van der Waals surface area contributed by atoms with Gasteiger partial charge in [0.05, 0.1) is 24.8 Å². The molecule has 1 aliphatic heterocycles. The summed E-state index contributed by atoms with van der Waals surface area (Å²) in [5, 5.41) is 7.12. The zero-order valence-corrected chi connectivity index (χ0v) is 21.5. The second kappa shape index (κ2) is 9.66. The van der Waals surface area contributed by atoms with Crippen LogP contribution in [0, 0.1) is 0 Å². The number of sulfonamides is 1. The Kier molecular flexibility index (Phi) is 6.59. The molecule has 0 amide bonds. The van der Waals surface area contributed by atoms with Gasteiger partial charge in [-0.2, -0.15) is 13.9 Å². The van der Waals surface area contributed by atoms with Crippen molar-refractivity contribution in [2.24, 2.45) is 0 Å². The Morgan fingerprint density at radius 3 is 2.54 bits per heavy atom. The number of piperazine rings is 1. The van der Waals surface area contributed by atoms with Crippen LogP contribution in [0.5, 0.6) is 11.5 Å². The van der Waals surface area contributed by atoms with Crippen LogP contribution in [0.1, 0.15) is 5.69 Å². The number of hydrogen-bond donors (Lipinski definition) is 0. The predicted molar refractivity (Wildman–Crippen MR) is 134 cm³/mol. The summed E-state index contributed by atoms with van der Waals surface area (Å²) in [4.78, 5) is 21.0. The van der Waals surface area contributed by atoms with E-state index in [-0.39, 0.29) is 16.2 Å². The molecule has 0 spiro atoms. The molecule has 0 aliphatic carbocycles. The smallest absolute Gasteiger partial charge is 0.275 e. The van der Waals surface area contributed by atoms with Gasteiger partial charge in [0.25, 0.3) is 5.56 Å². The number of benzene rings is 1. The maximum Gasteiger partial charge on any atom is 0.275 e. The molecule has 0 unspecified atom stereocenters. The first-order valence-electron chi connectivity index (χ1n) is 10.8. The first-order chi connectivity index (χ1) is 16.9. The van der Waals surface area contributed by atoms with Crippen LogP contribution in [0.25, 0.3) is 14.8 Å². The Balaban J connectivity index is 1.30. The molecule has 1 saturated heterocycles. The Morgan fingerprint density at radius 1 is 1.06 bits per heavy atom. The third-order valence-corrected chi connectivity index (χ3v) is 9.60. The van der Waals surface area contributed by atoms with Gasteiger partial charge in [-0.15, -0.1) is 11.3 Å². The fourth-order valence-electron chi connectivity index (χ4n) is 3.92. The van der Waals surface area contributed by atoms with Crippen molar-refractivity contribution in [1.82, 2.24) is 23.8 Å². The molecule has 10 nitrogen and oxygen atoms in total. The van der Waals surface area contributed by atoms with E-state index in [0.717, 1.165) is 9.88 Å². The van der Waals surface area contributed by atoms with Crippen LogP contribution < -0.4 is 15.0 Å². The van der Waals surface area contributed by atoms with Crippen molar-refractivity contribution in [2.45, 2.75) is 11.4 Å². The second-order valence-electron chi connectivity index (χ2n) is 7.86. The summed E-state index contributed by atoms with van der Waals surface area (Å²) in [5.74, 6) is 0.721. The summed E-state index contributed by atoms with van der Waals surface area (Å²) < 4.78 is 39.9. The number of methoxy groups -OCH3 is 2. The van der Waals surface area contributed by atoms with Gasteiger partial charge >= 0.3 is 0 Å². The molecule has 0 atom stereocenters. The molecule has 13 heteroatoms. The highest BCUT2D eigenvalue weighted by atomic mass is 32.2. The topological polar surface area (TPSA) is 106 Å². The second-order valence-corrected chi connectivity index (χ2v) is 11.7. The van der Waals surface area contributed by atoms with Crippen molar-refractivity contribution < 1.29 is 17.9 Å². The number of thiophene rings is 1. The molecule has 5 rings (SSSR count). The van der Waals surface area contributed by atoms with Gasteiger partial charge in [0.1, 0.15) is 16.4 Å². The minimum atomic E-state index is -3.76. The van der Waals surface area contributed by atoms with E-state index in [9.17, 15) is 13.2 Å². The lowest BCUT2D eigenvalue weighted by Crippen LogP contribution is -2.48. The van der Waals surface area contributed by atoms with Crippen molar-refractivity contribution in [3.05, 3.63) is 57.8 Å². The Morgan fingerprint density at radius 2 is 1.86 bits per heavy atom. The van der Waals surface area contributed by atoms with Crippen LogP contribution in [-0.2, 0) is 16.6 Å². The van der Waals surface area contributed by atoms with E-state index < -0.39 is 10.0 Å². The average molecular weight is 534 g/mol. The monoisotopic (exact) mass is 533 g/mol. The van der Waals surface area contributed by atoms with Gasteiger partial charge in [0.15, 0.2) is 5.01 Å². The molecule has 35 heavy (non-hydrogen) atoms. The van der Waals surface area contributed by atoms with Crippen molar-refractivity contribution in [1.29, 1.82) is 0 Å². The number of aromatic nitrogens is 3. The van der Waals surface area contributed by atoms with Gasteiger partial charge < -0.3 is 9.47 Å². The lowest BCUT2D eigenvalue weighted by molar-refractivity contribution is 0.179. The van der Waals surface area contributed by atoms with Gasteiger partial charge in [0.2, 0.25) is 15.0 Å². The van der Waals surface area contributed by atoms with E-state index in [0.29, 0.717) is 49.1 Å². The Labute approximate surface area is 210 Å². The Bertz CT molecular complexity index is 1510. The molecular formula is C22H23N5O5S3. The molecule has 1 fully saturated rings. The summed E-state index contributed by atoms with van der Waals surface area (Å²) >= 11 is 2.94. The average Bonchev–Trinajstić information content (AvgIpc) is 3.54. The highest BCUT2D eigenvalue weighted by Gasteiger charge is 2.31. The van der Waals surface area contributed by atoms with Crippen molar-refractivity contribution >= 4 is 37.7 Å². The third-order valence-electron chi connectivity index (χ3n) is 5.74. The molecule has 4 aromatic rings. The van der Waals surface area contributed by atoms with E-state index in [1.807, 2.05) is 17.5 Å². The zero-order valence-electron chi connectivity index (χ0n) is 19.1. The molecule has 1 aliphatic rings. The summed E-state index contributed by atoms with van der Waals surface area (Å²) in [6.07, 6.45) is 0. The van der Waals surface area contributed by atoms with E-state index in [4.69, 9.17) is 9.47 Å². The maximum absolute atomic E-state index is 13.3. The standard InChI is InChI=1S/C22H23N5O5S3/c1-31-16-5-6-17(32-2)19(13-16)35(29,30)26-9-7-25(8-10-26)14-15-12-20(28)27-22(23-15)34-21(24-27)18-4-3-11-33-18/h3-6,11-13H,7-10,14H2,1-2H3. The maximum atomic E-state index is 13.3. The molecular weight excluding hydrogens is 510 g/mol. The van der Waals surface area contributed by atoms with Gasteiger partial charge in [-0.05, 0) is 23.6 Å². The largest absolute Gasteiger partial charge is 0.497 e. The van der Waals surface area contributed by atoms with Crippen LogP contribution in [0.3, 0.4) is 0 Å². The summed E-state index contributed by atoms with van der Waals surface area (Å²) in [7, 11) is -0.829. The SMILES string of the molecule is COc1ccc(OC)c(S(=O)(=O)N2CCN(Cc3cc(=O)n4nc(-c5cccs5)sc4n3)CC2)c1. The molecule has 184 valence electrons. The molecule has 0 N–H and O–H groups in total. The summed E-state index contributed by atoms with van der Waals surface area (Å²) in [5.41, 5.74) is 0.414. The first-order valence-corrected chi connectivity index (χ1v) is 13.9. The lowest BCUT2D eigenvalue weighted by Gasteiger charge is -2.34. The third kappa shape index (κ3) is 4.69. The predicted octanol–water partition coefficient (Wildman–Crippen LogP) is 2.40. The minimum Gasteiger partial charge on any atom is -0.497 e. The normalized spacial score (nSPS) is 15.5. The lowest BCUT2D eigenvalue weighted by atomic mass is 10.3. The molecule has 0 bridgehead atoms. The van der Waals surface area contributed by atoms with Crippen LogP contribution in [0.4, 0.5) is 0 Å². The zero-order chi connectivity index (χ0) is 24.6. The highest BCUT2D eigenvalue weighted by molar-refractivity contribution is 7.89. The molecule has 0 saturated carbocycles. The van der Waals surface area contributed by atoms with Crippen LogP contribution in [0.15, 0.2) is 51.5 Å². The summed E-state index contributed by atoms with van der Waals surface area (Å²) in [6, 6.07) is 10.1. The van der Waals surface area contributed by atoms with Crippen molar-refractivity contribution in [2.75, 3.05) is 40.4 Å². The van der Waals surface area contributed by atoms with Crippen LogP contribution >= 0.6 is 22.7 Å². The number of rotatable bonds is 7. The molecule has 1 aromatic carbocycles. The highest BCUT2D eigenvalue weighted by Crippen LogP contribution is 2.31. The van der Waals surface area contributed by atoms with Gasteiger partial charge in [-0.3, -0.25) is 9.69 Å². The fourth-order valence-corrected chi connectivity index (χ4v) is 7.23. The molecule has 4 heterocycles. The molecule has 3 aromatic heterocycles. The van der Waals surface area contributed by atoms with Gasteiger partial charge in [0, 0.05) is 44.9 Å². The Hall–Kier alpha value is -2.84.